The first-order valence-electron chi connectivity index (χ1n) is 6.84. The predicted octanol–water partition coefficient (Wildman–Crippen LogP) is 1.57. The van der Waals surface area contributed by atoms with Crippen molar-refractivity contribution < 1.29 is 4.79 Å². The number of nitrogens with two attached hydrogens (primary N) is 1. The van der Waals surface area contributed by atoms with Crippen molar-refractivity contribution in [3.05, 3.63) is 0 Å². The second-order valence-corrected chi connectivity index (χ2v) is 5.13. The van der Waals surface area contributed by atoms with E-state index >= 15 is 0 Å². The van der Waals surface area contributed by atoms with E-state index in [0.717, 1.165) is 38.9 Å². The summed E-state index contributed by atoms with van der Waals surface area (Å²) in [6.45, 7) is 8.31. The zero-order chi connectivity index (χ0) is 13.5. The molecule has 0 aromatic rings. The summed E-state index contributed by atoms with van der Waals surface area (Å²) in [6.07, 6.45) is 3.09. The molecule has 1 saturated heterocycles. The van der Waals surface area contributed by atoms with Crippen molar-refractivity contribution >= 4 is 35.8 Å². The third-order valence-electron chi connectivity index (χ3n) is 3.59. The van der Waals surface area contributed by atoms with Crippen molar-refractivity contribution in [2.75, 3.05) is 19.6 Å². The first-order chi connectivity index (χ1) is 8.52. The molecule has 1 atom stereocenters. The molecule has 0 saturated carbocycles. The summed E-state index contributed by atoms with van der Waals surface area (Å²) in [5.74, 6) is 1.27. The molecule has 5 nitrogen and oxygen atoms in total. The second-order valence-electron chi connectivity index (χ2n) is 5.13. The molecule has 19 heavy (non-hydrogen) atoms. The number of piperidine rings is 1. The van der Waals surface area contributed by atoms with Crippen LogP contribution in [0.1, 0.15) is 40.0 Å². The summed E-state index contributed by atoms with van der Waals surface area (Å²) in [5.41, 5.74) is 5.82. The van der Waals surface area contributed by atoms with Gasteiger partial charge in [0.25, 0.3) is 0 Å². The number of amides is 1. The van der Waals surface area contributed by atoms with E-state index in [9.17, 15) is 4.79 Å². The van der Waals surface area contributed by atoms with Crippen LogP contribution in [-0.2, 0) is 4.79 Å². The van der Waals surface area contributed by atoms with Crippen LogP contribution >= 0.6 is 24.0 Å². The van der Waals surface area contributed by atoms with Crippen LogP contribution < -0.4 is 11.1 Å². The minimum atomic E-state index is 0. The van der Waals surface area contributed by atoms with Crippen LogP contribution in [0.4, 0.5) is 0 Å². The molecule has 0 aromatic heterocycles. The summed E-state index contributed by atoms with van der Waals surface area (Å²) < 4.78 is 0. The minimum Gasteiger partial charge on any atom is -0.370 e. The lowest BCUT2D eigenvalue weighted by Gasteiger charge is -2.30. The lowest BCUT2D eigenvalue weighted by atomic mass is 9.97. The van der Waals surface area contributed by atoms with E-state index in [1.807, 2.05) is 4.90 Å². The number of carbonyl (C=O) groups is 1. The highest BCUT2D eigenvalue weighted by atomic mass is 127. The first kappa shape index (κ1) is 18.5. The topological polar surface area (TPSA) is 70.7 Å². The fraction of sp³-hybridized carbons (Fsp3) is 0.846. The molecule has 3 N–H and O–H groups in total. The normalized spacial score (nSPS) is 18.7. The first-order valence-corrected chi connectivity index (χ1v) is 6.84. The molecule has 0 spiro atoms. The molecule has 0 radical (unpaired) electrons. The molecule has 1 rings (SSSR count). The number of aliphatic imine (C=N–C) groups is 1. The van der Waals surface area contributed by atoms with Crippen LogP contribution in [-0.4, -0.2) is 42.4 Å². The maximum Gasteiger partial charge on any atom is 0.219 e. The molecule has 0 aliphatic carbocycles. The van der Waals surface area contributed by atoms with E-state index in [4.69, 9.17) is 5.73 Å². The molecular weight excluding hydrogens is 355 g/mol. The summed E-state index contributed by atoms with van der Waals surface area (Å²) in [5, 5.41) is 3.16. The van der Waals surface area contributed by atoms with Crippen LogP contribution in [0.3, 0.4) is 0 Å². The Hall–Kier alpha value is -0.530. The lowest BCUT2D eigenvalue weighted by Crippen LogP contribution is -2.40. The molecule has 1 unspecified atom stereocenters. The van der Waals surface area contributed by atoms with Gasteiger partial charge in [-0.3, -0.25) is 9.79 Å². The predicted molar refractivity (Wildman–Crippen MR) is 89.8 cm³/mol. The maximum absolute atomic E-state index is 11.2. The molecule has 0 aromatic carbocycles. The SMILES string of the molecule is CCC(C)NC(N)=NCC1CCN(C(C)=O)CC1.I. The highest BCUT2D eigenvalue weighted by Crippen LogP contribution is 2.17. The maximum atomic E-state index is 11.2. The Kier molecular flexibility index (Phi) is 9.12. The summed E-state index contributed by atoms with van der Waals surface area (Å²) in [7, 11) is 0. The largest absolute Gasteiger partial charge is 0.370 e. The molecule has 1 amide bonds. The molecule has 1 heterocycles. The number of carbonyl (C=O) groups excluding carboxylic acids is 1. The number of likely N-dealkylation sites (tertiary alicyclic amines) is 1. The van der Waals surface area contributed by atoms with Gasteiger partial charge >= 0.3 is 0 Å². The van der Waals surface area contributed by atoms with Crippen molar-refractivity contribution in [2.45, 2.75) is 46.1 Å². The number of rotatable bonds is 4. The van der Waals surface area contributed by atoms with Crippen molar-refractivity contribution in [2.24, 2.45) is 16.6 Å². The second kappa shape index (κ2) is 9.39. The van der Waals surface area contributed by atoms with Gasteiger partial charge < -0.3 is 16.0 Å². The fourth-order valence-corrected chi connectivity index (χ4v) is 2.06. The van der Waals surface area contributed by atoms with Crippen LogP contribution in [0, 0.1) is 5.92 Å². The molecule has 1 aliphatic heterocycles. The number of hydrogen-bond acceptors (Lipinski definition) is 2. The van der Waals surface area contributed by atoms with Gasteiger partial charge in [-0.25, -0.2) is 0 Å². The Morgan fingerprint density at radius 2 is 2.05 bits per heavy atom. The van der Waals surface area contributed by atoms with Gasteiger partial charge in [-0.1, -0.05) is 6.92 Å². The summed E-state index contributed by atoms with van der Waals surface area (Å²) in [4.78, 5) is 17.5. The van der Waals surface area contributed by atoms with Crippen LogP contribution in [0.5, 0.6) is 0 Å². The summed E-state index contributed by atoms with van der Waals surface area (Å²) in [6, 6.07) is 0.369. The average Bonchev–Trinajstić information content (AvgIpc) is 2.36. The zero-order valence-corrected chi connectivity index (χ0v) is 14.5. The number of guanidine groups is 1. The minimum absolute atomic E-state index is 0. The Bertz CT molecular complexity index is 301. The monoisotopic (exact) mass is 382 g/mol. The van der Waals surface area contributed by atoms with E-state index in [-0.39, 0.29) is 29.9 Å². The third-order valence-corrected chi connectivity index (χ3v) is 3.59. The van der Waals surface area contributed by atoms with E-state index in [1.54, 1.807) is 6.92 Å². The Morgan fingerprint density at radius 3 is 2.53 bits per heavy atom. The van der Waals surface area contributed by atoms with Gasteiger partial charge in [0.1, 0.15) is 0 Å². The number of nitrogens with zero attached hydrogens (tertiary/aromatic N) is 2. The molecule has 1 fully saturated rings. The molecule has 112 valence electrons. The zero-order valence-electron chi connectivity index (χ0n) is 12.2. The number of halogens is 1. The van der Waals surface area contributed by atoms with Gasteiger partial charge in [0.15, 0.2) is 5.96 Å². The van der Waals surface area contributed by atoms with Gasteiger partial charge in [0, 0.05) is 32.6 Å². The fourth-order valence-electron chi connectivity index (χ4n) is 2.06. The molecule has 0 bridgehead atoms. The van der Waals surface area contributed by atoms with E-state index in [2.05, 4.69) is 24.2 Å². The van der Waals surface area contributed by atoms with E-state index in [0.29, 0.717) is 17.9 Å². The molecular formula is C13H27IN4O. The van der Waals surface area contributed by atoms with E-state index < -0.39 is 0 Å². The Morgan fingerprint density at radius 1 is 1.47 bits per heavy atom. The van der Waals surface area contributed by atoms with Crippen molar-refractivity contribution in [1.82, 2.24) is 10.2 Å². The highest BCUT2D eigenvalue weighted by Gasteiger charge is 2.20. The molecule has 1 aliphatic rings. The van der Waals surface area contributed by atoms with Gasteiger partial charge in [0.05, 0.1) is 0 Å². The standard InChI is InChI=1S/C13H26N4O.HI/c1-4-10(2)16-13(14)15-9-12-5-7-17(8-6-12)11(3)18;/h10,12H,4-9H2,1-3H3,(H3,14,15,16);1H. The van der Waals surface area contributed by atoms with Crippen LogP contribution in [0.15, 0.2) is 4.99 Å². The average molecular weight is 382 g/mol. The van der Waals surface area contributed by atoms with Gasteiger partial charge in [-0.15, -0.1) is 24.0 Å². The Balaban J connectivity index is 0.00000324. The number of hydrogen-bond donors (Lipinski definition) is 2. The molecule has 6 heteroatoms. The van der Waals surface area contributed by atoms with E-state index in [1.165, 1.54) is 0 Å². The highest BCUT2D eigenvalue weighted by molar-refractivity contribution is 14.0. The summed E-state index contributed by atoms with van der Waals surface area (Å²) >= 11 is 0. The quantitative estimate of drug-likeness (QED) is 0.441. The lowest BCUT2D eigenvalue weighted by molar-refractivity contribution is -0.130. The van der Waals surface area contributed by atoms with Crippen molar-refractivity contribution in [1.29, 1.82) is 0 Å². The van der Waals surface area contributed by atoms with Gasteiger partial charge in [0.2, 0.25) is 5.91 Å². The smallest absolute Gasteiger partial charge is 0.219 e. The van der Waals surface area contributed by atoms with Gasteiger partial charge in [-0.2, -0.15) is 0 Å². The van der Waals surface area contributed by atoms with Crippen LogP contribution in [0.25, 0.3) is 0 Å². The van der Waals surface area contributed by atoms with Crippen molar-refractivity contribution in [3.8, 4) is 0 Å². The third kappa shape index (κ3) is 6.98. The van der Waals surface area contributed by atoms with Crippen molar-refractivity contribution in [3.63, 3.8) is 0 Å². The number of nitrogens with one attached hydrogen (secondary N) is 1. The Labute approximate surface area is 133 Å². The van der Waals surface area contributed by atoms with Gasteiger partial charge in [-0.05, 0) is 32.1 Å². The van der Waals surface area contributed by atoms with Crippen LogP contribution in [0.2, 0.25) is 0 Å².